The summed E-state index contributed by atoms with van der Waals surface area (Å²) in [4.78, 5) is 40.6. The number of fused-ring (bicyclic) bond motifs is 1. The molecule has 0 fully saturated rings. The Morgan fingerprint density at radius 2 is 2.08 bits per heavy atom. The van der Waals surface area contributed by atoms with Crippen molar-refractivity contribution in [1.82, 2.24) is 9.94 Å². The summed E-state index contributed by atoms with van der Waals surface area (Å²) in [6.07, 6.45) is 2.60. The van der Waals surface area contributed by atoms with Crippen molar-refractivity contribution in [3.8, 4) is 0 Å². The maximum Gasteiger partial charge on any atom is 0.411 e. The van der Waals surface area contributed by atoms with Crippen LogP contribution in [0.3, 0.4) is 0 Å². The first-order valence-electron chi connectivity index (χ1n) is 7.69. The molecule has 1 aromatic heterocycles. The summed E-state index contributed by atoms with van der Waals surface area (Å²) in [5, 5.41) is 7.08. The van der Waals surface area contributed by atoms with E-state index in [9.17, 15) is 14.4 Å². The number of ether oxygens (including phenoxy) is 1. The Kier molecular flexibility index (Phi) is 5.89. The predicted molar refractivity (Wildman–Crippen MR) is 91.4 cm³/mol. The van der Waals surface area contributed by atoms with Crippen molar-refractivity contribution in [3.63, 3.8) is 0 Å². The molecule has 0 saturated heterocycles. The van der Waals surface area contributed by atoms with Crippen LogP contribution in [0.15, 0.2) is 30.9 Å². The lowest BCUT2D eigenvalue weighted by Crippen LogP contribution is -2.18. The Hall–Kier alpha value is -3.16. The van der Waals surface area contributed by atoms with Gasteiger partial charge in [0.25, 0.3) is 0 Å². The zero-order valence-electron chi connectivity index (χ0n) is 14.1. The van der Waals surface area contributed by atoms with Gasteiger partial charge in [0.15, 0.2) is 5.78 Å². The monoisotopic (exact) mass is 345 g/mol. The SMILES string of the molecule is C=CCCCOC(=O)Nc1ccc2c(C(C)=O)nn(OC(C)=O)c2c1. The van der Waals surface area contributed by atoms with Crippen LogP contribution in [0, 0.1) is 0 Å². The molecule has 1 heterocycles. The van der Waals surface area contributed by atoms with Crippen LogP contribution >= 0.6 is 0 Å². The zero-order chi connectivity index (χ0) is 18.4. The molecule has 0 saturated carbocycles. The third kappa shape index (κ3) is 4.66. The summed E-state index contributed by atoms with van der Waals surface area (Å²) in [5.74, 6) is -0.849. The largest absolute Gasteiger partial charge is 0.449 e. The van der Waals surface area contributed by atoms with Crippen molar-refractivity contribution in [2.75, 3.05) is 11.9 Å². The lowest BCUT2D eigenvalue weighted by molar-refractivity contribution is -0.142. The van der Waals surface area contributed by atoms with Gasteiger partial charge in [-0.1, -0.05) is 10.9 Å². The highest BCUT2D eigenvalue weighted by atomic mass is 16.7. The fraction of sp³-hybridized carbons (Fsp3) is 0.294. The molecular weight excluding hydrogens is 326 g/mol. The smallest absolute Gasteiger partial charge is 0.411 e. The number of Topliss-reactive ketones (excluding diaryl/α,β-unsaturated/α-hetero) is 1. The molecule has 2 rings (SSSR count). The normalized spacial score (nSPS) is 10.3. The van der Waals surface area contributed by atoms with E-state index in [1.807, 2.05) is 0 Å². The molecule has 0 aliphatic carbocycles. The summed E-state index contributed by atoms with van der Waals surface area (Å²) in [6.45, 7) is 6.46. The molecule has 25 heavy (non-hydrogen) atoms. The fourth-order valence-corrected chi connectivity index (χ4v) is 2.16. The second-order valence-corrected chi connectivity index (χ2v) is 5.28. The number of amides is 1. The summed E-state index contributed by atoms with van der Waals surface area (Å²) >= 11 is 0. The highest BCUT2D eigenvalue weighted by molar-refractivity contribution is 6.05. The highest BCUT2D eigenvalue weighted by Crippen LogP contribution is 2.23. The van der Waals surface area contributed by atoms with E-state index in [-0.39, 0.29) is 18.1 Å². The molecule has 0 spiro atoms. The molecule has 0 atom stereocenters. The number of nitrogens with zero attached hydrogens (tertiary/aromatic N) is 2. The molecule has 1 aromatic carbocycles. The Balaban J connectivity index is 2.22. The highest BCUT2D eigenvalue weighted by Gasteiger charge is 2.17. The number of ketones is 1. The first-order valence-corrected chi connectivity index (χ1v) is 7.69. The molecule has 0 radical (unpaired) electrons. The number of carbonyl (C=O) groups excluding carboxylic acids is 3. The van der Waals surface area contributed by atoms with Gasteiger partial charge in [0, 0.05) is 24.9 Å². The molecule has 0 unspecified atom stereocenters. The van der Waals surface area contributed by atoms with Crippen LogP contribution in [0.1, 0.15) is 37.2 Å². The van der Waals surface area contributed by atoms with Gasteiger partial charge in [-0.05, 0) is 31.0 Å². The van der Waals surface area contributed by atoms with E-state index in [0.717, 1.165) is 11.3 Å². The number of anilines is 1. The van der Waals surface area contributed by atoms with Gasteiger partial charge in [-0.25, -0.2) is 9.59 Å². The van der Waals surface area contributed by atoms with E-state index < -0.39 is 12.1 Å². The number of nitrogens with one attached hydrogen (secondary N) is 1. The standard InChI is InChI=1S/C17H19N3O5/c1-4-5-6-9-24-17(23)18-13-7-8-14-15(10-13)20(25-12(3)22)19-16(14)11(2)21/h4,7-8,10H,1,5-6,9H2,2-3H3,(H,18,23). The Morgan fingerprint density at radius 3 is 2.72 bits per heavy atom. The quantitative estimate of drug-likeness (QED) is 0.470. The van der Waals surface area contributed by atoms with Crippen molar-refractivity contribution in [3.05, 3.63) is 36.5 Å². The van der Waals surface area contributed by atoms with Crippen molar-refractivity contribution < 1.29 is 24.0 Å². The van der Waals surface area contributed by atoms with E-state index in [1.54, 1.807) is 24.3 Å². The van der Waals surface area contributed by atoms with Crippen LogP contribution in [-0.2, 0) is 9.53 Å². The van der Waals surface area contributed by atoms with Crippen LogP contribution in [0.2, 0.25) is 0 Å². The van der Waals surface area contributed by atoms with Gasteiger partial charge in [0.05, 0.1) is 6.61 Å². The second kappa shape index (κ2) is 8.09. The van der Waals surface area contributed by atoms with Gasteiger partial charge in [0.2, 0.25) is 0 Å². The molecule has 8 heteroatoms. The van der Waals surface area contributed by atoms with E-state index in [2.05, 4.69) is 17.0 Å². The second-order valence-electron chi connectivity index (χ2n) is 5.28. The molecule has 1 amide bonds. The van der Waals surface area contributed by atoms with E-state index in [1.165, 1.54) is 13.8 Å². The van der Waals surface area contributed by atoms with E-state index in [4.69, 9.17) is 9.57 Å². The molecular formula is C17H19N3O5. The minimum Gasteiger partial charge on any atom is -0.449 e. The number of aromatic nitrogens is 2. The summed E-state index contributed by atoms with van der Waals surface area (Å²) in [7, 11) is 0. The number of rotatable bonds is 7. The third-order valence-electron chi connectivity index (χ3n) is 3.23. The number of benzene rings is 1. The summed E-state index contributed by atoms with van der Waals surface area (Å²) < 4.78 is 5.04. The number of hydrogen-bond acceptors (Lipinski definition) is 6. The van der Waals surface area contributed by atoms with Crippen molar-refractivity contribution >= 4 is 34.4 Å². The topological polar surface area (TPSA) is 99.5 Å². The molecule has 1 N–H and O–H groups in total. The fourth-order valence-electron chi connectivity index (χ4n) is 2.16. The third-order valence-corrected chi connectivity index (χ3v) is 3.23. The first kappa shape index (κ1) is 18.2. The minimum atomic E-state index is -0.603. The molecule has 0 bridgehead atoms. The molecule has 8 nitrogen and oxygen atoms in total. The first-order chi connectivity index (χ1) is 11.9. The molecule has 132 valence electrons. The van der Waals surface area contributed by atoms with Crippen LogP contribution in [-0.4, -0.2) is 34.4 Å². The Bertz CT molecular complexity index is 825. The van der Waals surface area contributed by atoms with Gasteiger partial charge in [-0.15, -0.1) is 11.7 Å². The Morgan fingerprint density at radius 1 is 1.32 bits per heavy atom. The maximum absolute atomic E-state index is 11.8. The molecule has 0 aliphatic rings. The van der Waals surface area contributed by atoms with E-state index >= 15 is 0 Å². The minimum absolute atomic E-state index is 0.176. The average Bonchev–Trinajstić information content (AvgIpc) is 2.89. The van der Waals surface area contributed by atoms with Crippen LogP contribution in [0.5, 0.6) is 0 Å². The zero-order valence-corrected chi connectivity index (χ0v) is 14.1. The van der Waals surface area contributed by atoms with Crippen LogP contribution < -0.4 is 10.2 Å². The summed E-state index contributed by atoms with van der Waals surface area (Å²) in [6, 6.07) is 4.77. The lowest BCUT2D eigenvalue weighted by Gasteiger charge is -2.07. The number of carbonyl (C=O) groups is 3. The van der Waals surface area contributed by atoms with Gasteiger partial charge in [-0.3, -0.25) is 10.1 Å². The molecule has 0 aliphatic heterocycles. The Labute approximate surface area is 144 Å². The van der Waals surface area contributed by atoms with Gasteiger partial charge in [0.1, 0.15) is 11.2 Å². The molecule has 2 aromatic rings. The van der Waals surface area contributed by atoms with Gasteiger partial charge in [-0.2, -0.15) is 0 Å². The number of hydrogen-bond donors (Lipinski definition) is 1. The summed E-state index contributed by atoms with van der Waals surface area (Å²) in [5.41, 5.74) is 0.976. The van der Waals surface area contributed by atoms with Crippen LogP contribution in [0.4, 0.5) is 10.5 Å². The van der Waals surface area contributed by atoms with Crippen molar-refractivity contribution in [2.45, 2.75) is 26.7 Å². The van der Waals surface area contributed by atoms with E-state index in [0.29, 0.717) is 23.0 Å². The lowest BCUT2D eigenvalue weighted by atomic mass is 10.1. The van der Waals surface area contributed by atoms with Gasteiger partial charge < -0.3 is 9.57 Å². The van der Waals surface area contributed by atoms with Gasteiger partial charge >= 0.3 is 12.1 Å². The predicted octanol–water partition coefficient (Wildman–Crippen LogP) is 2.73. The number of allylic oxidation sites excluding steroid dienone is 1. The average molecular weight is 345 g/mol. The van der Waals surface area contributed by atoms with Crippen molar-refractivity contribution in [2.24, 2.45) is 0 Å². The van der Waals surface area contributed by atoms with Crippen LogP contribution in [0.25, 0.3) is 10.9 Å². The maximum atomic E-state index is 11.8. The van der Waals surface area contributed by atoms with Crippen molar-refractivity contribution in [1.29, 1.82) is 0 Å². The number of unbranched alkanes of at least 4 members (excludes halogenated alkanes) is 1.